The maximum atomic E-state index is 12.2. The minimum absolute atomic E-state index is 0.118. The van der Waals surface area contributed by atoms with E-state index >= 15 is 0 Å². The van der Waals surface area contributed by atoms with Crippen molar-refractivity contribution in [2.45, 2.75) is 10.8 Å². The molecule has 0 aliphatic heterocycles. The predicted octanol–water partition coefficient (Wildman–Crippen LogP) is 2.94. The van der Waals surface area contributed by atoms with Gasteiger partial charge in [0.1, 0.15) is 0 Å². The second kappa shape index (κ2) is 5.36. The number of benzene rings is 1. The molecule has 0 unspecified atom stereocenters. The summed E-state index contributed by atoms with van der Waals surface area (Å²) in [7, 11) is -3.64. The average molecular weight is 317 g/mol. The molecule has 0 atom stereocenters. The molecule has 7 heteroatoms. The lowest BCUT2D eigenvalue weighted by Crippen LogP contribution is -2.10. The number of hydrogen-bond acceptors (Lipinski definition) is 4. The number of nitrogen functional groups attached to an aromatic ring is 1. The van der Waals surface area contributed by atoms with Crippen LogP contribution in [0.2, 0.25) is 10.0 Å². The first-order valence-corrected chi connectivity index (χ1v) is 7.68. The number of halogens is 2. The van der Waals surface area contributed by atoms with Crippen LogP contribution in [0, 0.1) is 0 Å². The summed E-state index contributed by atoms with van der Waals surface area (Å²) in [5.74, 6) is -0.274. The van der Waals surface area contributed by atoms with Crippen LogP contribution in [0.5, 0.6) is 0 Å². The summed E-state index contributed by atoms with van der Waals surface area (Å²) in [5.41, 5.74) is 6.20. The van der Waals surface area contributed by atoms with E-state index in [2.05, 4.69) is 4.98 Å². The molecule has 100 valence electrons. The van der Waals surface area contributed by atoms with E-state index in [4.69, 9.17) is 28.9 Å². The van der Waals surface area contributed by atoms with Crippen molar-refractivity contribution in [2.24, 2.45) is 0 Å². The van der Waals surface area contributed by atoms with Gasteiger partial charge in [0.05, 0.1) is 11.4 Å². The third-order valence-electron chi connectivity index (χ3n) is 2.46. The fourth-order valence-corrected chi connectivity index (χ4v) is 3.58. The third-order valence-corrected chi connectivity index (χ3v) is 4.66. The first-order valence-electron chi connectivity index (χ1n) is 5.27. The molecule has 2 N–H and O–H groups in total. The SMILES string of the molecule is Nc1cccnc1S(=O)(=O)Cc1ccc(Cl)cc1Cl. The number of nitrogens with zero attached hydrogens (tertiary/aromatic N) is 1. The highest BCUT2D eigenvalue weighted by Crippen LogP contribution is 2.26. The summed E-state index contributed by atoms with van der Waals surface area (Å²) >= 11 is 11.7. The van der Waals surface area contributed by atoms with Gasteiger partial charge in [0.25, 0.3) is 0 Å². The zero-order chi connectivity index (χ0) is 14.0. The molecule has 0 amide bonds. The van der Waals surface area contributed by atoms with Crippen LogP contribution in [0.3, 0.4) is 0 Å². The maximum Gasteiger partial charge on any atom is 0.201 e. The third kappa shape index (κ3) is 3.18. The quantitative estimate of drug-likeness (QED) is 0.944. The Morgan fingerprint density at radius 2 is 1.95 bits per heavy atom. The van der Waals surface area contributed by atoms with Gasteiger partial charge < -0.3 is 5.73 Å². The normalized spacial score (nSPS) is 11.5. The van der Waals surface area contributed by atoms with Crippen LogP contribution in [0.1, 0.15) is 5.56 Å². The summed E-state index contributed by atoms with van der Waals surface area (Å²) in [6.07, 6.45) is 1.38. The predicted molar refractivity (Wildman–Crippen MR) is 76.0 cm³/mol. The molecule has 0 bridgehead atoms. The first kappa shape index (κ1) is 14.1. The van der Waals surface area contributed by atoms with E-state index in [1.165, 1.54) is 18.3 Å². The molecule has 1 aromatic heterocycles. The van der Waals surface area contributed by atoms with Crippen molar-refractivity contribution in [1.82, 2.24) is 4.98 Å². The Labute approximate surface area is 121 Å². The second-order valence-corrected chi connectivity index (χ2v) is 6.64. The molecule has 4 nitrogen and oxygen atoms in total. The van der Waals surface area contributed by atoms with Gasteiger partial charge in [0.15, 0.2) is 5.03 Å². The number of rotatable bonds is 3. The molecule has 1 heterocycles. The van der Waals surface area contributed by atoms with E-state index in [9.17, 15) is 8.42 Å². The molecule has 0 saturated heterocycles. The number of anilines is 1. The molecule has 2 aromatic rings. The summed E-state index contributed by atoms with van der Waals surface area (Å²) in [4.78, 5) is 3.81. The van der Waals surface area contributed by atoms with Gasteiger partial charge in [-0.1, -0.05) is 29.3 Å². The van der Waals surface area contributed by atoms with E-state index in [-0.39, 0.29) is 16.5 Å². The average Bonchev–Trinajstić information content (AvgIpc) is 2.33. The molecule has 0 spiro atoms. The highest BCUT2D eigenvalue weighted by Gasteiger charge is 2.21. The Kier molecular flexibility index (Phi) is 3.99. The Morgan fingerprint density at radius 1 is 1.21 bits per heavy atom. The van der Waals surface area contributed by atoms with Gasteiger partial charge in [0.2, 0.25) is 9.84 Å². The highest BCUT2D eigenvalue weighted by molar-refractivity contribution is 7.90. The zero-order valence-electron chi connectivity index (χ0n) is 9.68. The molecule has 2 rings (SSSR count). The number of nitrogens with two attached hydrogens (primary N) is 1. The van der Waals surface area contributed by atoms with Crippen LogP contribution in [-0.2, 0) is 15.6 Å². The first-order chi connectivity index (χ1) is 8.90. The maximum absolute atomic E-state index is 12.2. The largest absolute Gasteiger partial charge is 0.396 e. The van der Waals surface area contributed by atoms with Crippen molar-refractivity contribution in [3.8, 4) is 0 Å². The number of sulfone groups is 1. The minimum Gasteiger partial charge on any atom is -0.396 e. The summed E-state index contributed by atoms with van der Waals surface area (Å²) in [6, 6.07) is 7.71. The Morgan fingerprint density at radius 3 is 2.58 bits per heavy atom. The fraction of sp³-hybridized carbons (Fsp3) is 0.0833. The molecule has 0 aliphatic rings. The van der Waals surface area contributed by atoms with Crippen LogP contribution in [0.15, 0.2) is 41.6 Å². The van der Waals surface area contributed by atoms with E-state index in [1.807, 2.05) is 0 Å². The Bertz CT molecular complexity index is 717. The van der Waals surface area contributed by atoms with Crippen molar-refractivity contribution in [2.75, 3.05) is 5.73 Å². The van der Waals surface area contributed by atoms with Crippen molar-refractivity contribution >= 4 is 38.7 Å². The summed E-state index contributed by atoms with van der Waals surface area (Å²) < 4.78 is 24.5. The molecule has 1 aromatic carbocycles. The van der Waals surface area contributed by atoms with Gasteiger partial charge >= 0.3 is 0 Å². The van der Waals surface area contributed by atoms with Gasteiger partial charge in [-0.2, -0.15) is 0 Å². The van der Waals surface area contributed by atoms with Gasteiger partial charge in [0, 0.05) is 16.2 Å². The topological polar surface area (TPSA) is 73.0 Å². The van der Waals surface area contributed by atoms with Crippen LogP contribution in [-0.4, -0.2) is 13.4 Å². The van der Waals surface area contributed by atoms with Crippen molar-refractivity contribution in [3.63, 3.8) is 0 Å². The number of pyridine rings is 1. The van der Waals surface area contributed by atoms with Gasteiger partial charge in [-0.3, -0.25) is 0 Å². The van der Waals surface area contributed by atoms with Crippen LogP contribution in [0.4, 0.5) is 5.69 Å². The molecular weight excluding hydrogens is 307 g/mol. The van der Waals surface area contributed by atoms with E-state index in [1.54, 1.807) is 18.2 Å². The zero-order valence-corrected chi connectivity index (χ0v) is 12.0. The van der Waals surface area contributed by atoms with E-state index in [0.29, 0.717) is 15.6 Å². The van der Waals surface area contributed by atoms with E-state index in [0.717, 1.165) is 0 Å². The van der Waals surface area contributed by atoms with Crippen molar-refractivity contribution < 1.29 is 8.42 Å². The molecule has 0 aliphatic carbocycles. The molecule has 19 heavy (non-hydrogen) atoms. The van der Waals surface area contributed by atoms with Gasteiger partial charge in [-0.15, -0.1) is 0 Å². The second-order valence-electron chi connectivity index (χ2n) is 3.89. The monoisotopic (exact) mass is 316 g/mol. The summed E-state index contributed by atoms with van der Waals surface area (Å²) in [5, 5.41) is 0.607. The van der Waals surface area contributed by atoms with Crippen molar-refractivity contribution in [1.29, 1.82) is 0 Å². The number of hydrogen-bond donors (Lipinski definition) is 1. The molecular formula is C12H10Cl2N2O2S. The molecule has 0 saturated carbocycles. The Hall–Kier alpha value is -1.30. The van der Waals surface area contributed by atoms with Crippen LogP contribution < -0.4 is 5.73 Å². The van der Waals surface area contributed by atoms with Crippen LogP contribution >= 0.6 is 23.2 Å². The molecule has 0 fully saturated rings. The van der Waals surface area contributed by atoms with Crippen molar-refractivity contribution in [3.05, 3.63) is 52.1 Å². The Balaban J connectivity index is 2.40. The lowest BCUT2D eigenvalue weighted by Gasteiger charge is -2.07. The lowest BCUT2D eigenvalue weighted by atomic mass is 10.2. The summed E-state index contributed by atoms with van der Waals surface area (Å²) in [6.45, 7) is 0. The standard InChI is InChI=1S/C12H10Cl2N2O2S/c13-9-4-3-8(10(14)6-9)7-19(17,18)12-11(15)2-1-5-16-12/h1-6H,7,15H2. The fourth-order valence-electron chi connectivity index (χ4n) is 1.57. The van der Waals surface area contributed by atoms with Crippen LogP contribution in [0.25, 0.3) is 0 Å². The van der Waals surface area contributed by atoms with Gasteiger partial charge in [-0.05, 0) is 29.8 Å². The number of aromatic nitrogens is 1. The lowest BCUT2D eigenvalue weighted by molar-refractivity contribution is 0.592. The minimum atomic E-state index is -3.64. The smallest absolute Gasteiger partial charge is 0.201 e. The van der Waals surface area contributed by atoms with E-state index < -0.39 is 9.84 Å². The van der Waals surface area contributed by atoms with Gasteiger partial charge in [-0.25, -0.2) is 13.4 Å². The highest BCUT2D eigenvalue weighted by atomic mass is 35.5. The molecule has 0 radical (unpaired) electrons.